The molecule has 1 aromatic heterocycles. The van der Waals surface area contributed by atoms with Crippen LogP contribution in [0.2, 0.25) is 0 Å². The molecule has 0 saturated heterocycles. The lowest BCUT2D eigenvalue weighted by Crippen LogP contribution is -2.33. The van der Waals surface area contributed by atoms with Crippen LogP contribution in [0.25, 0.3) is 83.1 Å². The van der Waals surface area contributed by atoms with E-state index in [9.17, 15) is 0 Å². The van der Waals surface area contributed by atoms with Crippen LogP contribution in [0.3, 0.4) is 0 Å². The highest BCUT2D eigenvalue weighted by Gasteiger charge is 2.51. The summed E-state index contributed by atoms with van der Waals surface area (Å²) in [7, 11) is 0. The van der Waals surface area contributed by atoms with Crippen LogP contribution in [0, 0.1) is 0 Å². The molecule has 1 atom stereocenters. The molecule has 322 valence electrons. The maximum absolute atomic E-state index is 2.52. The zero-order chi connectivity index (χ0) is 45.5. The van der Waals surface area contributed by atoms with Crippen molar-refractivity contribution in [3.8, 4) is 61.3 Å². The molecular weight excluding hydrogens is 833 g/mol. The van der Waals surface area contributed by atoms with Gasteiger partial charge in [-0.25, -0.2) is 0 Å². The van der Waals surface area contributed by atoms with Crippen molar-refractivity contribution < 1.29 is 0 Å². The van der Waals surface area contributed by atoms with Gasteiger partial charge >= 0.3 is 0 Å². The molecule has 1 unspecified atom stereocenters. The number of rotatable bonds is 7. The molecule has 2 aliphatic rings. The van der Waals surface area contributed by atoms with Gasteiger partial charge in [0.2, 0.25) is 0 Å². The van der Waals surface area contributed by atoms with Gasteiger partial charge in [0.1, 0.15) is 0 Å². The normalized spacial score (nSPS) is 14.1. The van der Waals surface area contributed by atoms with Crippen molar-refractivity contribution in [1.82, 2.24) is 4.57 Å². The van der Waals surface area contributed by atoms with Crippen LogP contribution >= 0.6 is 0 Å². The Morgan fingerprint density at radius 2 is 0.797 bits per heavy atom. The van der Waals surface area contributed by atoms with E-state index in [4.69, 9.17) is 0 Å². The number of hydrogen-bond acceptors (Lipinski definition) is 1. The minimum absolute atomic E-state index is 0.541. The van der Waals surface area contributed by atoms with Gasteiger partial charge in [-0.05, 0) is 103 Å². The molecule has 0 amide bonds. The summed E-state index contributed by atoms with van der Waals surface area (Å²) in [6.45, 7) is 0. The molecule has 1 aliphatic heterocycles. The minimum Gasteiger partial charge on any atom is -0.309 e. The molecule has 2 heteroatoms. The topological polar surface area (TPSA) is 8.17 Å². The second kappa shape index (κ2) is 15.6. The van der Waals surface area contributed by atoms with E-state index in [1.165, 1.54) is 88.7 Å². The van der Waals surface area contributed by atoms with Gasteiger partial charge in [-0.15, -0.1) is 0 Å². The maximum Gasteiger partial charge on any atom is 0.0754 e. The lowest BCUT2D eigenvalue weighted by Gasteiger charge is -2.39. The van der Waals surface area contributed by atoms with Crippen molar-refractivity contribution in [1.29, 1.82) is 0 Å². The minimum atomic E-state index is -0.541. The average molecular weight is 877 g/mol. The molecule has 69 heavy (non-hydrogen) atoms. The van der Waals surface area contributed by atoms with Crippen LogP contribution in [-0.4, -0.2) is 4.57 Å². The second-order valence-electron chi connectivity index (χ2n) is 18.3. The third-order valence-electron chi connectivity index (χ3n) is 14.8. The molecule has 2 heterocycles. The predicted molar refractivity (Wildman–Crippen MR) is 288 cm³/mol. The van der Waals surface area contributed by atoms with Crippen molar-refractivity contribution in [3.63, 3.8) is 0 Å². The molecule has 12 aromatic rings. The van der Waals surface area contributed by atoms with Crippen molar-refractivity contribution in [3.05, 3.63) is 289 Å². The number of nitrogens with zero attached hydrogens (tertiary/aromatic N) is 2. The first kappa shape index (κ1) is 39.2. The van der Waals surface area contributed by atoms with Crippen molar-refractivity contribution >= 4 is 38.9 Å². The number of aromatic nitrogens is 1. The quantitative estimate of drug-likeness (QED) is 0.155. The van der Waals surface area contributed by atoms with Gasteiger partial charge in [0.25, 0.3) is 0 Å². The van der Waals surface area contributed by atoms with Crippen LogP contribution in [0.5, 0.6) is 0 Å². The van der Waals surface area contributed by atoms with Crippen LogP contribution in [-0.2, 0) is 5.41 Å². The maximum atomic E-state index is 2.52. The van der Waals surface area contributed by atoms with E-state index in [0.29, 0.717) is 0 Å². The zero-order valence-corrected chi connectivity index (χ0v) is 37.8. The van der Waals surface area contributed by atoms with E-state index in [2.05, 4.69) is 276 Å². The smallest absolute Gasteiger partial charge is 0.0754 e. The summed E-state index contributed by atoms with van der Waals surface area (Å²) in [6, 6.07) is 98.6. The Labute approximate surface area is 402 Å². The Bertz CT molecular complexity index is 3960. The zero-order valence-electron chi connectivity index (χ0n) is 37.8. The Morgan fingerprint density at radius 1 is 0.290 bits per heavy atom. The fourth-order valence-corrected chi connectivity index (χ4v) is 12.0. The predicted octanol–water partition coefficient (Wildman–Crippen LogP) is 17.6. The summed E-state index contributed by atoms with van der Waals surface area (Å²) in [5.74, 6) is 0. The van der Waals surface area contributed by atoms with Gasteiger partial charge in [-0.1, -0.05) is 231 Å². The first-order chi connectivity index (χ1) is 34.3. The molecule has 0 radical (unpaired) electrons. The van der Waals surface area contributed by atoms with Crippen molar-refractivity contribution in [2.45, 2.75) is 5.41 Å². The monoisotopic (exact) mass is 876 g/mol. The summed E-state index contributed by atoms with van der Waals surface area (Å²) in [4.78, 5) is 2.51. The van der Waals surface area contributed by atoms with Crippen molar-refractivity contribution in [2.24, 2.45) is 0 Å². The molecule has 0 fully saturated rings. The molecule has 0 N–H and O–H groups in total. The third-order valence-corrected chi connectivity index (χ3v) is 14.8. The van der Waals surface area contributed by atoms with E-state index >= 15 is 0 Å². The Hall–Kier alpha value is -8.98. The first-order valence-corrected chi connectivity index (χ1v) is 23.9. The molecule has 14 rings (SSSR count). The van der Waals surface area contributed by atoms with Crippen LogP contribution < -0.4 is 4.90 Å². The molecule has 1 spiro atoms. The van der Waals surface area contributed by atoms with E-state index in [0.717, 1.165) is 33.8 Å². The lowest BCUT2D eigenvalue weighted by molar-refractivity contribution is 0.748. The van der Waals surface area contributed by atoms with Gasteiger partial charge in [-0.2, -0.15) is 0 Å². The summed E-state index contributed by atoms with van der Waals surface area (Å²) in [6.07, 6.45) is 0. The van der Waals surface area contributed by atoms with E-state index in [1.54, 1.807) is 0 Å². The Balaban J connectivity index is 1.03. The number of hydrogen-bond donors (Lipinski definition) is 0. The molecule has 11 aromatic carbocycles. The van der Waals surface area contributed by atoms with E-state index in [1.807, 2.05) is 0 Å². The van der Waals surface area contributed by atoms with Crippen LogP contribution in [0.1, 0.15) is 22.3 Å². The van der Waals surface area contributed by atoms with Crippen LogP contribution in [0.15, 0.2) is 267 Å². The number of fused-ring (bicyclic) bond motifs is 12. The highest BCUT2D eigenvalue weighted by atomic mass is 15.1. The summed E-state index contributed by atoms with van der Waals surface area (Å²) in [5.41, 5.74) is 23.7. The molecular formula is C67H44N2. The average Bonchev–Trinajstić information content (AvgIpc) is 3.92. The number of para-hydroxylation sites is 5. The fraction of sp³-hybridized carbons (Fsp3) is 0.0149. The SMILES string of the molecule is c1ccc(-c2ccc(-c3ccccc3N(c3ccc4c(c3)-c3ccccc3C43c4ccccc4-n4c5ccccc5c5cccc3c54)c3ccccc3-c3ccccc3-c3ccccc3)cc2)cc1. The van der Waals surface area contributed by atoms with Gasteiger partial charge < -0.3 is 9.47 Å². The third kappa shape index (κ3) is 5.79. The number of benzene rings is 11. The van der Waals surface area contributed by atoms with Crippen molar-refractivity contribution in [2.75, 3.05) is 4.90 Å². The Morgan fingerprint density at radius 3 is 1.58 bits per heavy atom. The molecule has 0 bridgehead atoms. The van der Waals surface area contributed by atoms with Gasteiger partial charge in [0.15, 0.2) is 0 Å². The Kier molecular flexibility index (Phi) is 8.84. The highest BCUT2D eigenvalue weighted by Crippen LogP contribution is 2.62. The standard InChI is InChI=1S/C67H44N2/c1-3-20-45(21-4-1)46-38-40-48(41-39-46)51-25-10-15-34-62(51)68(63-35-16-11-28-54(63)52-26-8-7-24-50(52)47-22-5-2-6-23-47)49-42-43-59-57(44-49)53-27-9-13-31-58(53)67(59)60-32-14-18-37-65(60)69-64-36-17-12-29-55(64)56-30-19-33-61(67)66(56)69/h1-44H. The lowest BCUT2D eigenvalue weighted by atomic mass is 9.65. The molecule has 0 saturated carbocycles. The fourth-order valence-electron chi connectivity index (χ4n) is 12.0. The van der Waals surface area contributed by atoms with E-state index in [-0.39, 0.29) is 0 Å². The first-order valence-electron chi connectivity index (χ1n) is 23.9. The van der Waals surface area contributed by atoms with Gasteiger partial charge in [0, 0.05) is 27.6 Å². The van der Waals surface area contributed by atoms with Crippen LogP contribution in [0.4, 0.5) is 17.1 Å². The van der Waals surface area contributed by atoms with Gasteiger partial charge in [0.05, 0.1) is 33.5 Å². The molecule has 2 nitrogen and oxygen atoms in total. The van der Waals surface area contributed by atoms with Gasteiger partial charge in [-0.3, -0.25) is 0 Å². The second-order valence-corrected chi connectivity index (χ2v) is 18.3. The molecule has 1 aliphatic carbocycles. The number of anilines is 3. The summed E-state index contributed by atoms with van der Waals surface area (Å²) >= 11 is 0. The van der Waals surface area contributed by atoms with E-state index < -0.39 is 5.41 Å². The highest BCUT2D eigenvalue weighted by molar-refractivity contribution is 6.13. The summed E-state index contributed by atoms with van der Waals surface area (Å²) < 4.78 is 2.52. The summed E-state index contributed by atoms with van der Waals surface area (Å²) in [5, 5.41) is 2.56. The largest absolute Gasteiger partial charge is 0.309 e.